The standard InChI is InChI=1S/C16H13BrO3/c1-19-16(18)10-6-7-14-11(8-10)9-15(20-14)12-4-2-3-5-13(12)17/h2-8,15H,9H2,1H3/t15-/m0/s1. The van der Waals surface area contributed by atoms with Gasteiger partial charge in [-0.3, -0.25) is 0 Å². The normalized spacial score (nSPS) is 16.4. The van der Waals surface area contributed by atoms with E-state index < -0.39 is 0 Å². The van der Waals surface area contributed by atoms with Crippen molar-refractivity contribution >= 4 is 21.9 Å². The lowest BCUT2D eigenvalue weighted by molar-refractivity contribution is 0.0600. The Morgan fingerprint density at radius 2 is 2.10 bits per heavy atom. The molecule has 102 valence electrons. The van der Waals surface area contributed by atoms with Crippen LogP contribution in [0.25, 0.3) is 0 Å². The maximum Gasteiger partial charge on any atom is 0.337 e. The molecule has 4 heteroatoms. The molecule has 1 aliphatic heterocycles. The second-order valence-electron chi connectivity index (χ2n) is 4.65. The van der Waals surface area contributed by atoms with Crippen LogP contribution >= 0.6 is 15.9 Å². The van der Waals surface area contributed by atoms with Crippen LogP contribution in [0, 0.1) is 0 Å². The van der Waals surface area contributed by atoms with Gasteiger partial charge in [-0.15, -0.1) is 0 Å². The number of hydrogen-bond acceptors (Lipinski definition) is 3. The summed E-state index contributed by atoms with van der Waals surface area (Å²) in [6, 6.07) is 13.4. The predicted molar refractivity (Wildman–Crippen MR) is 79.0 cm³/mol. The smallest absolute Gasteiger partial charge is 0.337 e. The van der Waals surface area contributed by atoms with Crippen LogP contribution in [-0.2, 0) is 11.2 Å². The van der Waals surface area contributed by atoms with Crippen molar-refractivity contribution in [3.8, 4) is 5.75 Å². The molecule has 0 aromatic heterocycles. The molecule has 0 radical (unpaired) electrons. The Bertz CT molecular complexity index is 667. The van der Waals surface area contributed by atoms with Gasteiger partial charge in [-0.2, -0.15) is 0 Å². The summed E-state index contributed by atoms with van der Waals surface area (Å²) >= 11 is 3.55. The van der Waals surface area contributed by atoms with Gasteiger partial charge in [0.2, 0.25) is 0 Å². The predicted octanol–water partition coefficient (Wildman–Crippen LogP) is 3.91. The summed E-state index contributed by atoms with van der Waals surface area (Å²) in [6.07, 6.45) is 0.733. The summed E-state index contributed by atoms with van der Waals surface area (Å²) in [7, 11) is 1.38. The Kier molecular flexibility index (Phi) is 3.49. The molecule has 0 saturated carbocycles. The van der Waals surface area contributed by atoms with E-state index in [0.29, 0.717) is 5.56 Å². The maximum atomic E-state index is 11.5. The Morgan fingerprint density at radius 3 is 2.85 bits per heavy atom. The third kappa shape index (κ3) is 2.31. The molecule has 0 bridgehead atoms. The highest BCUT2D eigenvalue weighted by Crippen LogP contribution is 2.39. The highest BCUT2D eigenvalue weighted by Gasteiger charge is 2.26. The number of esters is 1. The molecule has 1 aliphatic rings. The molecule has 3 nitrogen and oxygen atoms in total. The summed E-state index contributed by atoms with van der Waals surface area (Å²) in [5.41, 5.74) is 2.71. The van der Waals surface area contributed by atoms with E-state index in [1.807, 2.05) is 36.4 Å². The highest BCUT2D eigenvalue weighted by molar-refractivity contribution is 9.10. The van der Waals surface area contributed by atoms with Gasteiger partial charge in [0.1, 0.15) is 11.9 Å². The lowest BCUT2D eigenvalue weighted by atomic mass is 10.0. The number of fused-ring (bicyclic) bond motifs is 1. The van der Waals surface area contributed by atoms with Gasteiger partial charge in [-0.25, -0.2) is 4.79 Å². The van der Waals surface area contributed by atoms with Crippen LogP contribution in [0.2, 0.25) is 0 Å². The Hall–Kier alpha value is -1.81. The summed E-state index contributed by atoms with van der Waals surface area (Å²) in [5, 5.41) is 0. The fourth-order valence-corrected chi connectivity index (χ4v) is 2.94. The van der Waals surface area contributed by atoms with Crippen molar-refractivity contribution < 1.29 is 14.3 Å². The molecule has 1 heterocycles. The minimum atomic E-state index is -0.322. The van der Waals surface area contributed by atoms with Crippen LogP contribution in [0.1, 0.15) is 27.6 Å². The molecule has 0 aliphatic carbocycles. The van der Waals surface area contributed by atoms with Crippen molar-refractivity contribution in [2.24, 2.45) is 0 Å². The molecule has 1 atom stereocenters. The molecular weight excluding hydrogens is 320 g/mol. The number of methoxy groups -OCH3 is 1. The number of rotatable bonds is 2. The molecule has 3 rings (SSSR count). The first kappa shape index (κ1) is 13.2. The first-order chi connectivity index (χ1) is 9.69. The van der Waals surface area contributed by atoms with Gasteiger partial charge in [-0.05, 0) is 29.8 Å². The van der Waals surface area contributed by atoms with Crippen molar-refractivity contribution in [1.82, 2.24) is 0 Å². The molecule has 0 spiro atoms. The van der Waals surface area contributed by atoms with Gasteiger partial charge < -0.3 is 9.47 Å². The summed E-state index contributed by atoms with van der Waals surface area (Å²) < 4.78 is 11.7. The number of halogens is 1. The van der Waals surface area contributed by atoms with E-state index in [0.717, 1.165) is 27.8 Å². The lowest BCUT2D eigenvalue weighted by Gasteiger charge is -2.12. The van der Waals surface area contributed by atoms with Crippen LogP contribution in [0.15, 0.2) is 46.9 Å². The van der Waals surface area contributed by atoms with E-state index in [1.54, 1.807) is 6.07 Å². The van der Waals surface area contributed by atoms with Crippen LogP contribution < -0.4 is 4.74 Å². The molecular formula is C16H13BrO3. The number of carbonyl (C=O) groups excluding carboxylic acids is 1. The first-order valence-corrected chi connectivity index (χ1v) is 7.10. The van der Waals surface area contributed by atoms with Gasteiger partial charge in [0.25, 0.3) is 0 Å². The van der Waals surface area contributed by atoms with Gasteiger partial charge in [0, 0.05) is 16.5 Å². The summed E-state index contributed by atoms with van der Waals surface area (Å²) in [6.45, 7) is 0. The average molecular weight is 333 g/mol. The average Bonchev–Trinajstić information content (AvgIpc) is 2.89. The number of hydrogen-bond donors (Lipinski definition) is 0. The molecule has 0 unspecified atom stereocenters. The highest BCUT2D eigenvalue weighted by atomic mass is 79.9. The zero-order chi connectivity index (χ0) is 14.1. The minimum absolute atomic E-state index is 0.0199. The van der Waals surface area contributed by atoms with Crippen molar-refractivity contribution in [3.05, 3.63) is 63.6 Å². The third-order valence-corrected chi connectivity index (χ3v) is 4.13. The van der Waals surface area contributed by atoms with Crippen molar-refractivity contribution in [2.75, 3.05) is 7.11 Å². The molecule has 0 amide bonds. The van der Waals surface area contributed by atoms with E-state index in [-0.39, 0.29) is 12.1 Å². The van der Waals surface area contributed by atoms with Crippen LogP contribution in [0.3, 0.4) is 0 Å². The van der Waals surface area contributed by atoms with E-state index in [1.165, 1.54) is 7.11 Å². The topological polar surface area (TPSA) is 35.5 Å². The van der Waals surface area contributed by atoms with Crippen molar-refractivity contribution in [2.45, 2.75) is 12.5 Å². The maximum absolute atomic E-state index is 11.5. The zero-order valence-corrected chi connectivity index (χ0v) is 12.5. The fraction of sp³-hybridized carbons (Fsp3) is 0.188. The van der Waals surface area contributed by atoms with E-state index >= 15 is 0 Å². The van der Waals surface area contributed by atoms with Crippen LogP contribution in [0.4, 0.5) is 0 Å². The zero-order valence-electron chi connectivity index (χ0n) is 10.9. The Morgan fingerprint density at radius 1 is 1.30 bits per heavy atom. The molecule has 0 fully saturated rings. The molecule has 2 aromatic rings. The molecule has 20 heavy (non-hydrogen) atoms. The number of benzene rings is 2. The van der Waals surface area contributed by atoms with Crippen molar-refractivity contribution in [3.63, 3.8) is 0 Å². The second kappa shape index (κ2) is 5.29. The largest absolute Gasteiger partial charge is 0.485 e. The van der Waals surface area contributed by atoms with Crippen LogP contribution in [-0.4, -0.2) is 13.1 Å². The summed E-state index contributed by atoms with van der Waals surface area (Å²) in [5.74, 6) is 0.510. The monoisotopic (exact) mass is 332 g/mol. The minimum Gasteiger partial charge on any atom is -0.485 e. The van der Waals surface area contributed by atoms with Gasteiger partial charge in [0.15, 0.2) is 0 Å². The van der Waals surface area contributed by atoms with Gasteiger partial charge in [-0.1, -0.05) is 34.1 Å². The van der Waals surface area contributed by atoms with E-state index in [4.69, 9.17) is 9.47 Å². The third-order valence-electron chi connectivity index (χ3n) is 3.41. The molecule has 2 aromatic carbocycles. The quantitative estimate of drug-likeness (QED) is 0.782. The number of carbonyl (C=O) groups is 1. The molecule has 0 saturated heterocycles. The van der Waals surface area contributed by atoms with E-state index in [9.17, 15) is 4.79 Å². The van der Waals surface area contributed by atoms with E-state index in [2.05, 4.69) is 15.9 Å². The second-order valence-corrected chi connectivity index (χ2v) is 5.50. The first-order valence-electron chi connectivity index (χ1n) is 6.31. The Balaban J connectivity index is 1.89. The van der Waals surface area contributed by atoms with Crippen LogP contribution in [0.5, 0.6) is 5.75 Å². The SMILES string of the molecule is COC(=O)c1ccc2c(c1)C[C@@H](c1ccccc1Br)O2. The Labute approximate surface area is 125 Å². The number of ether oxygens (including phenoxy) is 2. The van der Waals surface area contributed by atoms with Gasteiger partial charge in [0.05, 0.1) is 12.7 Å². The van der Waals surface area contributed by atoms with Gasteiger partial charge >= 0.3 is 5.97 Å². The summed E-state index contributed by atoms with van der Waals surface area (Å²) in [4.78, 5) is 11.5. The molecule has 0 N–H and O–H groups in total. The fourth-order valence-electron chi connectivity index (χ4n) is 2.40. The van der Waals surface area contributed by atoms with Crippen molar-refractivity contribution in [1.29, 1.82) is 0 Å². The lowest BCUT2D eigenvalue weighted by Crippen LogP contribution is -2.03.